The van der Waals surface area contributed by atoms with Crippen LogP contribution in [-0.2, 0) is 6.42 Å². The minimum atomic E-state index is -0.631. The Bertz CT molecular complexity index is 707. The van der Waals surface area contributed by atoms with Crippen molar-refractivity contribution in [1.82, 2.24) is 5.16 Å². The number of aromatic nitrogens is 1. The molecule has 0 radical (unpaired) electrons. The Hall–Kier alpha value is -2.39. The molecule has 0 bridgehead atoms. The molecule has 3 rings (SSSR count). The molecule has 0 unspecified atom stereocenters. The zero-order valence-corrected chi connectivity index (χ0v) is 12.5. The van der Waals surface area contributed by atoms with Crippen LogP contribution in [0.5, 0.6) is 0 Å². The number of aliphatic hydroxyl groups is 1. The van der Waals surface area contributed by atoms with E-state index in [1.54, 1.807) is 0 Å². The molecule has 1 N–H and O–H groups in total. The van der Waals surface area contributed by atoms with Crippen molar-refractivity contribution in [2.24, 2.45) is 0 Å². The highest BCUT2D eigenvalue weighted by atomic mass is 16.5. The molecule has 0 amide bonds. The molecular formula is C19H19NO2. The van der Waals surface area contributed by atoms with Crippen molar-refractivity contribution in [3.05, 3.63) is 89.3 Å². The van der Waals surface area contributed by atoms with E-state index in [-0.39, 0.29) is 5.92 Å². The van der Waals surface area contributed by atoms with Gasteiger partial charge >= 0.3 is 0 Å². The Morgan fingerprint density at radius 3 is 2.23 bits per heavy atom. The van der Waals surface area contributed by atoms with E-state index >= 15 is 0 Å². The van der Waals surface area contributed by atoms with Gasteiger partial charge in [-0.3, -0.25) is 0 Å². The molecule has 1 aromatic heterocycles. The van der Waals surface area contributed by atoms with Gasteiger partial charge in [0.25, 0.3) is 0 Å². The fourth-order valence-electron chi connectivity index (χ4n) is 2.68. The van der Waals surface area contributed by atoms with Gasteiger partial charge in [-0.05, 0) is 24.5 Å². The minimum absolute atomic E-state index is 0.161. The molecular weight excluding hydrogens is 274 g/mol. The molecule has 3 aromatic rings. The van der Waals surface area contributed by atoms with Crippen molar-refractivity contribution in [1.29, 1.82) is 0 Å². The van der Waals surface area contributed by atoms with Crippen molar-refractivity contribution >= 4 is 0 Å². The standard InChI is InChI=1S/C19H19NO2/c1-14-12-18(22-20-14)17(13-15-8-4-2-5-9-15)19(21)16-10-6-3-7-11-16/h2-12,17,19,21H,13H2,1H3/t17-,19+/m1/s1. The van der Waals surface area contributed by atoms with Crippen molar-refractivity contribution in [3.63, 3.8) is 0 Å². The van der Waals surface area contributed by atoms with E-state index in [1.807, 2.05) is 61.5 Å². The maximum Gasteiger partial charge on any atom is 0.143 e. The van der Waals surface area contributed by atoms with Crippen LogP contribution in [0.25, 0.3) is 0 Å². The molecule has 0 aliphatic carbocycles. The Balaban J connectivity index is 1.92. The van der Waals surface area contributed by atoms with Crippen LogP contribution in [0.1, 0.15) is 34.6 Å². The molecule has 0 aliphatic heterocycles. The molecule has 2 aromatic carbocycles. The van der Waals surface area contributed by atoms with Gasteiger partial charge in [-0.2, -0.15) is 0 Å². The van der Waals surface area contributed by atoms with Gasteiger partial charge in [0.15, 0.2) is 0 Å². The average molecular weight is 293 g/mol. The second-order valence-electron chi connectivity index (χ2n) is 5.52. The average Bonchev–Trinajstić information content (AvgIpc) is 3.00. The van der Waals surface area contributed by atoms with Gasteiger partial charge in [-0.15, -0.1) is 0 Å². The van der Waals surface area contributed by atoms with Gasteiger partial charge in [-0.1, -0.05) is 65.8 Å². The normalized spacial score (nSPS) is 13.7. The first kappa shape index (κ1) is 14.5. The molecule has 0 saturated heterocycles. The van der Waals surface area contributed by atoms with Gasteiger partial charge in [0.1, 0.15) is 5.76 Å². The van der Waals surface area contributed by atoms with Crippen molar-refractivity contribution in [2.75, 3.05) is 0 Å². The Morgan fingerprint density at radius 1 is 1.00 bits per heavy atom. The number of aryl methyl sites for hydroxylation is 1. The number of rotatable bonds is 5. The van der Waals surface area contributed by atoms with Gasteiger partial charge in [0, 0.05) is 6.07 Å². The van der Waals surface area contributed by atoms with Crippen molar-refractivity contribution in [2.45, 2.75) is 25.4 Å². The molecule has 3 heteroatoms. The number of hydrogen-bond donors (Lipinski definition) is 1. The fourth-order valence-corrected chi connectivity index (χ4v) is 2.68. The van der Waals surface area contributed by atoms with Crippen LogP contribution in [0.15, 0.2) is 71.3 Å². The summed E-state index contributed by atoms with van der Waals surface area (Å²) in [7, 11) is 0. The second kappa shape index (κ2) is 6.58. The third-order valence-electron chi connectivity index (χ3n) is 3.83. The maximum absolute atomic E-state index is 10.8. The molecule has 0 fully saturated rings. The first-order chi connectivity index (χ1) is 10.7. The first-order valence-corrected chi connectivity index (χ1v) is 7.44. The van der Waals surface area contributed by atoms with E-state index in [4.69, 9.17) is 4.52 Å². The molecule has 0 saturated carbocycles. The van der Waals surface area contributed by atoms with Crippen LogP contribution in [0.3, 0.4) is 0 Å². The zero-order chi connectivity index (χ0) is 15.4. The summed E-state index contributed by atoms with van der Waals surface area (Å²) in [5.41, 5.74) is 2.88. The van der Waals surface area contributed by atoms with Crippen LogP contribution in [-0.4, -0.2) is 10.3 Å². The van der Waals surface area contributed by atoms with E-state index in [2.05, 4.69) is 17.3 Å². The Labute approximate surface area is 130 Å². The third-order valence-corrected chi connectivity index (χ3v) is 3.83. The van der Waals surface area contributed by atoms with Crippen molar-refractivity contribution < 1.29 is 9.63 Å². The number of nitrogens with zero attached hydrogens (tertiary/aromatic N) is 1. The first-order valence-electron chi connectivity index (χ1n) is 7.44. The highest BCUT2D eigenvalue weighted by molar-refractivity contribution is 5.26. The smallest absolute Gasteiger partial charge is 0.143 e. The molecule has 112 valence electrons. The number of hydrogen-bond acceptors (Lipinski definition) is 3. The van der Waals surface area contributed by atoms with Gasteiger partial charge in [0.2, 0.25) is 0 Å². The summed E-state index contributed by atoms with van der Waals surface area (Å²) in [4.78, 5) is 0. The number of aliphatic hydroxyl groups excluding tert-OH is 1. The van der Waals surface area contributed by atoms with E-state index in [0.717, 1.165) is 22.6 Å². The molecule has 1 heterocycles. The minimum Gasteiger partial charge on any atom is -0.388 e. The number of benzene rings is 2. The summed E-state index contributed by atoms with van der Waals surface area (Å²) < 4.78 is 5.43. The molecule has 2 atom stereocenters. The van der Waals surface area contributed by atoms with Gasteiger partial charge in [-0.25, -0.2) is 0 Å². The molecule has 0 aliphatic rings. The van der Waals surface area contributed by atoms with E-state index in [1.165, 1.54) is 0 Å². The predicted octanol–water partition coefficient (Wildman–Crippen LogP) is 4.04. The quantitative estimate of drug-likeness (QED) is 0.772. The van der Waals surface area contributed by atoms with Gasteiger partial charge in [0.05, 0.1) is 17.7 Å². The lowest BCUT2D eigenvalue weighted by molar-refractivity contribution is 0.129. The fraction of sp³-hybridized carbons (Fsp3) is 0.211. The molecule has 22 heavy (non-hydrogen) atoms. The highest BCUT2D eigenvalue weighted by Gasteiger charge is 2.26. The van der Waals surface area contributed by atoms with Crippen LogP contribution in [0.4, 0.5) is 0 Å². The van der Waals surface area contributed by atoms with Gasteiger partial charge < -0.3 is 9.63 Å². The summed E-state index contributed by atoms with van der Waals surface area (Å²) in [6, 6.07) is 21.7. The summed E-state index contributed by atoms with van der Waals surface area (Å²) >= 11 is 0. The van der Waals surface area contributed by atoms with Crippen LogP contribution in [0.2, 0.25) is 0 Å². The van der Waals surface area contributed by atoms with Crippen LogP contribution >= 0.6 is 0 Å². The summed E-state index contributed by atoms with van der Waals surface area (Å²) in [5.74, 6) is 0.559. The molecule has 0 spiro atoms. The predicted molar refractivity (Wildman–Crippen MR) is 85.5 cm³/mol. The molecule has 3 nitrogen and oxygen atoms in total. The van der Waals surface area contributed by atoms with E-state index < -0.39 is 6.10 Å². The topological polar surface area (TPSA) is 46.3 Å². The van der Waals surface area contributed by atoms with Crippen LogP contribution < -0.4 is 0 Å². The lowest BCUT2D eigenvalue weighted by Crippen LogP contribution is -2.13. The highest BCUT2D eigenvalue weighted by Crippen LogP contribution is 2.34. The maximum atomic E-state index is 10.8. The monoisotopic (exact) mass is 293 g/mol. The van der Waals surface area contributed by atoms with E-state index in [9.17, 15) is 5.11 Å². The SMILES string of the molecule is Cc1cc([C@@H](Cc2ccccc2)[C@@H](O)c2ccccc2)on1. The Kier molecular flexibility index (Phi) is 4.35. The largest absolute Gasteiger partial charge is 0.388 e. The summed E-state index contributed by atoms with van der Waals surface area (Å²) in [6.45, 7) is 1.89. The zero-order valence-electron chi connectivity index (χ0n) is 12.5. The Morgan fingerprint density at radius 2 is 1.64 bits per heavy atom. The third kappa shape index (κ3) is 3.26. The van der Waals surface area contributed by atoms with Crippen LogP contribution in [0, 0.1) is 6.92 Å². The second-order valence-corrected chi connectivity index (χ2v) is 5.52. The lowest BCUT2D eigenvalue weighted by Gasteiger charge is -2.21. The van der Waals surface area contributed by atoms with E-state index in [0.29, 0.717) is 6.42 Å². The summed E-state index contributed by atoms with van der Waals surface area (Å²) in [6.07, 6.45) is 0.0692. The lowest BCUT2D eigenvalue weighted by atomic mass is 9.88. The summed E-state index contributed by atoms with van der Waals surface area (Å²) in [5, 5.41) is 14.8. The van der Waals surface area contributed by atoms with Crippen molar-refractivity contribution in [3.8, 4) is 0 Å².